The second-order valence-corrected chi connectivity index (χ2v) is 6.56. The van der Waals surface area contributed by atoms with Gasteiger partial charge < -0.3 is 4.90 Å². The molecule has 5 heteroatoms. The Kier molecular flexibility index (Phi) is 4.75. The number of ketones is 1. The van der Waals surface area contributed by atoms with Crippen LogP contribution in [0.5, 0.6) is 0 Å². The highest BCUT2D eigenvalue weighted by molar-refractivity contribution is 6.06. The van der Waals surface area contributed by atoms with Crippen LogP contribution in [0.2, 0.25) is 0 Å². The Bertz CT molecular complexity index is 1020. The van der Waals surface area contributed by atoms with Crippen LogP contribution in [-0.2, 0) is 0 Å². The van der Waals surface area contributed by atoms with E-state index in [1.165, 1.54) is 12.3 Å². The number of benzene rings is 2. The van der Waals surface area contributed by atoms with Gasteiger partial charge in [0, 0.05) is 18.7 Å². The fourth-order valence-electron chi connectivity index (χ4n) is 3.17. The molecule has 0 bridgehead atoms. The Morgan fingerprint density at radius 1 is 0.926 bits per heavy atom. The van der Waals surface area contributed by atoms with Gasteiger partial charge in [-0.1, -0.05) is 30.3 Å². The minimum absolute atomic E-state index is 0.0746. The molecule has 0 aliphatic carbocycles. The number of rotatable bonds is 4. The van der Waals surface area contributed by atoms with Crippen molar-refractivity contribution < 1.29 is 9.59 Å². The molecule has 1 saturated heterocycles. The van der Waals surface area contributed by atoms with Gasteiger partial charge in [-0.3, -0.25) is 14.6 Å². The van der Waals surface area contributed by atoms with Gasteiger partial charge in [0.2, 0.25) is 5.78 Å². The van der Waals surface area contributed by atoms with E-state index >= 15 is 0 Å². The van der Waals surface area contributed by atoms with Gasteiger partial charge in [-0.15, -0.1) is 0 Å². The largest absolute Gasteiger partial charge is 0.339 e. The molecule has 1 fully saturated rings. The standard InChI is InChI=1S/C22H19N3O2/c26-21(20-15-23-18-5-1-2-6-19(18)24-20)12-9-16-7-10-17(11-8-16)22(27)25-13-3-4-14-25/h1-2,5-12,15H,3-4,13-14H2. The maximum Gasteiger partial charge on any atom is 0.253 e. The van der Waals surface area contributed by atoms with Gasteiger partial charge in [0.05, 0.1) is 17.2 Å². The third-order valence-electron chi connectivity index (χ3n) is 4.68. The topological polar surface area (TPSA) is 63.2 Å². The molecule has 1 aromatic heterocycles. The van der Waals surface area contributed by atoms with Gasteiger partial charge in [-0.25, -0.2) is 4.98 Å². The van der Waals surface area contributed by atoms with Gasteiger partial charge in [0.15, 0.2) is 0 Å². The molecule has 1 aliphatic rings. The molecule has 27 heavy (non-hydrogen) atoms. The smallest absolute Gasteiger partial charge is 0.253 e. The van der Waals surface area contributed by atoms with Crippen molar-refractivity contribution in [2.24, 2.45) is 0 Å². The second kappa shape index (κ2) is 7.50. The number of fused-ring (bicyclic) bond motifs is 1. The Balaban J connectivity index is 1.46. The number of nitrogens with zero attached hydrogens (tertiary/aromatic N) is 3. The summed E-state index contributed by atoms with van der Waals surface area (Å²) in [6.45, 7) is 1.67. The first-order valence-electron chi connectivity index (χ1n) is 9.04. The summed E-state index contributed by atoms with van der Waals surface area (Å²) in [6.07, 6.45) is 6.85. The highest BCUT2D eigenvalue weighted by atomic mass is 16.2. The third-order valence-corrected chi connectivity index (χ3v) is 4.68. The van der Waals surface area contributed by atoms with Crippen molar-refractivity contribution in [3.63, 3.8) is 0 Å². The highest BCUT2D eigenvalue weighted by Crippen LogP contribution is 2.15. The van der Waals surface area contributed by atoms with E-state index < -0.39 is 0 Å². The fourth-order valence-corrected chi connectivity index (χ4v) is 3.17. The molecule has 0 atom stereocenters. The minimum Gasteiger partial charge on any atom is -0.339 e. The van der Waals surface area contributed by atoms with E-state index in [0.29, 0.717) is 16.8 Å². The molecular weight excluding hydrogens is 338 g/mol. The molecule has 0 unspecified atom stereocenters. The van der Waals surface area contributed by atoms with Crippen LogP contribution in [-0.4, -0.2) is 39.6 Å². The van der Waals surface area contributed by atoms with E-state index in [4.69, 9.17) is 0 Å². The summed E-state index contributed by atoms with van der Waals surface area (Å²) in [5.74, 6) is -0.129. The van der Waals surface area contributed by atoms with Crippen LogP contribution in [0.4, 0.5) is 0 Å². The maximum absolute atomic E-state index is 12.4. The third kappa shape index (κ3) is 3.77. The van der Waals surface area contributed by atoms with Crippen LogP contribution in [0.15, 0.2) is 60.8 Å². The summed E-state index contributed by atoms with van der Waals surface area (Å²) in [4.78, 5) is 35.2. The van der Waals surface area contributed by atoms with Crippen LogP contribution in [0.25, 0.3) is 17.1 Å². The monoisotopic (exact) mass is 357 g/mol. The fraction of sp³-hybridized carbons (Fsp3) is 0.182. The quantitative estimate of drug-likeness (QED) is 0.527. The number of likely N-dealkylation sites (tertiary alicyclic amines) is 1. The Hall–Kier alpha value is -3.34. The lowest BCUT2D eigenvalue weighted by atomic mass is 10.1. The van der Waals surface area contributed by atoms with Crippen LogP contribution in [0.3, 0.4) is 0 Å². The molecule has 4 rings (SSSR count). The Morgan fingerprint density at radius 3 is 2.37 bits per heavy atom. The number of amides is 1. The predicted octanol–water partition coefficient (Wildman–Crippen LogP) is 3.76. The first-order chi connectivity index (χ1) is 13.2. The summed E-state index contributed by atoms with van der Waals surface area (Å²) in [5.41, 5.74) is 3.31. The molecule has 1 aliphatic heterocycles. The number of carbonyl (C=O) groups is 2. The number of carbonyl (C=O) groups excluding carboxylic acids is 2. The van der Waals surface area contributed by atoms with E-state index in [0.717, 1.165) is 37.0 Å². The predicted molar refractivity (Wildman–Crippen MR) is 104 cm³/mol. The molecule has 3 aromatic rings. The number of hydrogen-bond donors (Lipinski definition) is 0. The van der Waals surface area contributed by atoms with Crippen molar-refractivity contribution >= 4 is 28.8 Å². The normalized spacial score (nSPS) is 14.1. The number of hydrogen-bond acceptors (Lipinski definition) is 4. The molecule has 0 N–H and O–H groups in total. The van der Waals surface area contributed by atoms with Gasteiger partial charge >= 0.3 is 0 Å². The lowest BCUT2D eigenvalue weighted by molar-refractivity contribution is 0.0792. The van der Waals surface area contributed by atoms with Crippen molar-refractivity contribution in [3.05, 3.63) is 77.6 Å². The van der Waals surface area contributed by atoms with E-state index in [1.807, 2.05) is 41.3 Å². The molecule has 0 radical (unpaired) electrons. The second-order valence-electron chi connectivity index (χ2n) is 6.56. The highest BCUT2D eigenvalue weighted by Gasteiger charge is 2.18. The molecule has 2 heterocycles. The van der Waals surface area contributed by atoms with Gasteiger partial charge in [0.25, 0.3) is 5.91 Å². The zero-order valence-corrected chi connectivity index (χ0v) is 14.8. The van der Waals surface area contributed by atoms with Crippen LogP contribution >= 0.6 is 0 Å². The molecule has 1 amide bonds. The molecule has 0 saturated carbocycles. The zero-order valence-electron chi connectivity index (χ0n) is 14.8. The first kappa shape index (κ1) is 17.1. The van der Waals surface area contributed by atoms with Crippen LogP contribution in [0.1, 0.15) is 39.3 Å². The maximum atomic E-state index is 12.4. The minimum atomic E-state index is -0.203. The molecular formula is C22H19N3O2. The van der Waals surface area contributed by atoms with Crippen molar-refractivity contribution in [2.75, 3.05) is 13.1 Å². The average Bonchev–Trinajstić information content (AvgIpc) is 3.26. The summed E-state index contributed by atoms with van der Waals surface area (Å²) in [5, 5.41) is 0. The SMILES string of the molecule is O=C(C=Cc1ccc(C(=O)N2CCCC2)cc1)c1cnc2ccccc2n1. The summed E-state index contributed by atoms with van der Waals surface area (Å²) < 4.78 is 0. The Morgan fingerprint density at radius 2 is 1.63 bits per heavy atom. The van der Waals surface area contributed by atoms with Crippen molar-refractivity contribution in [1.82, 2.24) is 14.9 Å². The molecule has 0 spiro atoms. The molecule has 2 aromatic carbocycles. The summed E-state index contributed by atoms with van der Waals surface area (Å²) >= 11 is 0. The van der Waals surface area contributed by atoms with E-state index in [9.17, 15) is 9.59 Å². The lowest BCUT2D eigenvalue weighted by Gasteiger charge is -2.15. The molecule has 5 nitrogen and oxygen atoms in total. The summed E-state index contributed by atoms with van der Waals surface area (Å²) in [7, 11) is 0. The molecule has 134 valence electrons. The van der Waals surface area contributed by atoms with Crippen molar-refractivity contribution in [3.8, 4) is 0 Å². The Labute approximate surface area is 157 Å². The zero-order chi connectivity index (χ0) is 18.6. The van der Waals surface area contributed by atoms with Gasteiger partial charge in [0.1, 0.15) is 5.69 Å². The van der Waals surface area contributed by atoms with E-state index in [2.05, 4.69) is 9.97 Å². The van der Waals surface area contributed by atoms with Gasteiger partial charge in [-0.2, -0.15) is 0 Å². The summed E-state index contributed by atoms with van der Waals surface area (Å²) in [6, 6.07) is 14.7. The first-order valence-corrected chi connectivity index (χ1v) is 9.04. The van der Waals surface area contributed by atoms with Crippen molar-refractivity contribution in [1.29, 1.82) is 0 Å². The number of aromatic nitrogens is 2. The van der Waals surface area contributed by atoms with Crippen LogP contribution < -0.4 is 0 Å². The number of allylic oxidation sites excluding steroid dienone is 1. The average molecular weight is 357 g/mol. The number of para-hydroxylation sites is 2. The van der Waals surface area contributed by atoms with E-state index in [1.54, 1.807) is 18.2 Å². The van der Waals surface area contributed by atoms with E-state index in [-0.39, 0.29) is 11.7 Å². The van der Waals surface area contributed by atoms with Crippen LogP contribution in [0, 0.1) is 0 Å². The van der Waals surface area contributed by atoms with Gasteiger partial charge in [-0.05, 0) is 48.7 Å². The van der Waals surface area contributed by atoms with Crippen molar-refractivity contribution in [2.45, 2.75) is 12.8 Å². The lowest BCUT2D eigenvalue weighted by Crippen LogP contribution is -2.27.